The molecule has 0 unspecified atom stereocenters. The highest BCUT2D eigenvalue weighted by atomic mass is 35.5. The minimum Gasteiger partial charge on any atom is -0.396 e. The fourth-order valence-electron chi connectivity index (χ4n) is 1.82. The Labute approximate surface area is 114 Å². The molecule has 0 spiro atoms. The highest BCUT2D eigenvalue weighted by Gasteiger charge is 2.14. The van der Waals surface area contributed by atoms with Gasteiger partial charge in [-0.2, -0.15) is 0 Å². The molecule has 0 saturated carbocycles. The van der Waals surface area contributed by atoms with Crippen LogP contribution in [0.15, 0.2) is 12.3 Å². The van der Waals surface area contributed by atoms with E-state index in [0.717, 1.165) is 5.69 Å². The molecule has 0 aliphatic rings. The maximum absolute atomic E-state index is 11.1. The van der Waals surface area contributed by atoms with Crippen molar-refractivity contribution in [2.75, 3.05) is 17.6 Å². The van der Waals surface area contributed by atoms with Crippen molar-refractivity contribution in [3.63, 3.8) is 0 Å². The van der Waals surface area contributed by atoms with Gasteiger partial charge in [0.25, 0.3) is 5.91 Å². The summed E-state index contributed by atoms with van der Waals surface area (Å²) < 4.78 is 1.70. The topological polar surface area (TPSA) is 105 Å². The van der Waals surface area contributed by atoms with Crippen LogP contribution in [0.25, 0.3) is 5.65 Å². The van der Waals surface area contributed by atoms with E-state index in [1.165, 1.54) is 0 Å². The summed E-state index contributed by atoms with van der Waals surface area (Å²) in [4.78, 5) is 15.5. The van der Waals surface area contributed by atoms with Crippen LogP contribution in [0.3, 0.4) is 0 Å². The number of hydrogen-bond acceptors (Lipinski definition) is 5. The summed E-state index contributed by atoms with van der Waals surface area (Å²) in [5.74, 6) is 0.0855. The van der Waals surface area contributed by atoms with Crippen LogP contribution >= 0.6 is 11.6 Å². The number of carbonyl (C=O) groups excluding carboxylic acids is 1. The molecule has 2 rings (SSSR count). The molecule has 0 aromatic carbocycles. The van der Waals surface area contributed by atoms with E-state index in [1.807, 2.05) is 6.92 Å². The second kappa shape index (κ2) is 5.33. The lowest BCUT2D eigenvalue weighted by Gasteiger charge is -2.07. The third kappa shape index (κ3) is 2.56. The summed E-state index contributed by atoms with van der Waals surface area (Å²) in [6.07, 6.45) is 2.33. The Kier molecular flexibility index (Phi) is 3.77. The van der Waals surface area contributed by atoms with Crippen LogP contribution < -0.4 is 16.5 Å². The first-order valence-corrected chi connectivity index (χ1v) is 6.07. The van der Waals surface area contributed by atoms with Gasteiger partial charge in [0.2, 0.25) is 0 Å². The monoisotopic (exact) mass is 283 g/mol. The molecule has 2 aromatic rings. The maximum atomic E-state index is 11.1. The van der Waals surface area contributed by atoms with E-state index in [-0.39, 0.29) is 6.54 Å². The predicted octanol–water partition coefficient (Wildman–Crippen LogP) is 1.05. The Morgan fingerprint density at radius 1 is 1.63 bits per heavy atom. The lowest BCUT2D eigenvalue weighted by molar-refractivity contribution is -0.127. The normalized spacial score (nSPS) is 10.7. The Balaban J connectivity index is 2.47. The van der Waals surface area contributed by atoms with Crippen LogP contribution in [0.1, 0.15) is 12.6 Å². The molecule has 1 amide bonds. The number of carbonyl (C=O) groups is 1. The molecule has 2 heterocycles. The summed E-state index contributed by atoms with van der Waals surface area (Å²) in [7, 11) is 0. The molecule has 102 valence electrons. The number of pyridine rings is 1. The van der Waals surface area contributed by atoms with Gasteiger partial charge in [-0.25, -0.2) is 10.5 Å². The second-order valence-electron chi connectivity index (χ2n) is 3.96. The molecule has 7 nitrogen and oxygen atoms in total. The van der Waals surface area contributed by atoms with Gasteiger partial charge in [0, 0.05) is 6.20 Å². The number of amides is 1. The summed E-state index contributed by atoms with van der Waals surface area (Å²) >= 11 is 5.96. The Morgan fingerprint density at radius 3 is 3.00 bits per heavy atom. The number of anilines is 2. The highest BCUT2D eigenvalue weighted by molar-refractivity contribution is 6.30. The van der Waals surface area contributed by atoms with E-state index in [1.54, 1.807) is 22.1 Å². The SMILES string of the molecule is CCc1nc2c(N)cc(Cl)cn2c1NCC(=O)NO. The third-order valence-electron chi connectivity index (χ3n) is 2.66. The largest absolute Gasteiger partial charge is 0.396 e. The van der Waals surface area contributed by atoms with E-state index in [9.17, 15) is 4.79 Å². The molecule has 19 heavy (non-hydrogen) atoms. The number of nitrogens with zero attached hydrogens (tertiary/aromatic N) is 2. The molecule has 0 atom stereocenters. The molecule has 0 fully saturated rings. The number of aryl methyl sites for hydroxylation is 1. The zero-order valence-corrected chi connectivity index (χ0v) is 11.0. The molecule has 0 saturated heterocycles. The quantitative estimate of drug-likeness (QED) is 0.496. The van der Waals surface area contributed by atoms with Gasteiger partial charge in [-0.3, -0.25) is 14.4 Å². The van der Waals surface area contributed by atoms with Crippen molar-refractivity contribution < 1.29 is 10.0 Å². The van der Waals surface area contributed by atoms with Gasteiger partial charge in [-0.15, -0.1) is 0 Å². The first-order valence-electron chi connectivity index (χ1n) is 5.69. The molecule has 0 aliphatic carbocycles. The van der Waals surface area contributed by atoms with Gasteiger partial charge < -0.3 is 11.1 Å². The summed E-state index contributed by atoms with van der Waals surface area (Å²) in [6, 6.07) is 1.62. The molecule has 0 aliphatic heterocycles. The number of fused-ring (bicyclic) bond motifs is 1. The van der Waals surface area contributed by atoms with Crippen molar-refractivity contribution in [2.45, 2.75) is 13.3 Å². The number of aromatic nitrogens is 2. The van der Waals surface area contributed by atoms with Crippen molar-refractivity contribution in [1.29, 1.82) is 0 Å². The Hall–Kier alpha value is -1.99. The number of rotatable bonds is 4. The molecule has 0 radical (unpaired) electrons. The number of halogens is 1. The van der Waals surface area contributed by atoms with Gasteiger partial charge in [0.1, 0.15) is 5.82 Å². The molecule has 2 aromatic heterocycles. The van der Waals surface area contributed by atoms with Crippen LogP contribution in [0.2, 0.25) is 5.02 Å². The third-order valence-corrected chi connectivity index (χ3v) is 2.87. The Bertz CT molecular complexity index is 625. The lowest BCUT2D eigenvalue weighted by atomic mass is 10.3. The second-order valence-corrected chi connectivity index (χ2v) is 4.39. The molecular formula is C11H14ClN5O2. The van der Waals surface area contributed by atoms with Crippen LogP contribution in [0.5, 0.6) is 0 Å². The lowest BCUT2D eigenvalue weighted by Crippen LogP contribution is -2.27. The smallest absolute Gasteiger partial charge is 0.262 e. The number of hydroxylamine groups is 1. The first-order chi connectivity index (χ1) is 9.06. The van der Waals surface area contributed by atoms with Crippen molar-refractivity contribution >= 4 is 34.7 Å². The standard InChI is InChI=1S/C11H14ClN5O2/c1-2-8-11(14-4-9(18)16-19)17-5-6(12)3-7(13)10(17)15-8/h3,5,14,19H,2,4,13H2,1H3,(H,16,18). The van der Waals surface area contributed by atoms with Crippen LogP contribution in [-0.2, 0) is 11.2 Å². The highest BCUT2D eigenvalue weighted by Crippen LogP contribution is 2.25. The summed E-state index contributed by atoms with van der Waals surface area (Å²) in [5, 5.41) is 11.9. The van der Waals surface area contributed by atoms with Crippen molar-refractivity contribution in [1.82, 2.24) is 14.9 Å². The van der Waals surface area contributed by atoms with Gasteiger partial charge >= 0.3 is 0 Å². The number of nitrogens with one attached hydrogen (secondary N) is 2. The van der Waals surface area contributed by atoms with Crippen molar-refractivity contribution in [2.24, 2.45) is 0 Å². The van der Waals surface area contributed by atoms with E-state index in [4.69, 9.17) is 22.5 Å². The predicted molar refractivity (Wildman–Crippen MR) is 72.4 cm³/mol. The van der Waals surface area contributed by atoms with Crippen LogP contribution in [-0.4, -0.2) is 27.0 Å². The van der Waals surface area contributed by atoms with E-state index >= 15 is 0 Å². The van der Waals surface area contributed by atoms with Gasteiger partial charge in [-0.05, 0) is 12.5 Å². The average Bonchev–Trinajstić information content (AvgIpc) is 2.74. The van der Waals surface area contributed by atoms with Crippen LogP contribution in [0, 0.1) is 0 Å². The molecule has 8 heteroatoms. The fraction of sp³-hybridized carbons (Fsp3) is 0.273. The zero-order chi connectivity index (χ0) is 14.0. The minimum atomic E-state index is -0.549. The van der Waals surface area contributed by atoms with E-state index in [0.29, 0.717) is 28.6 Å². The number of hydrogen-bond donors (Lipinski definition) is 4. The van der Waals surface area contributed by atoms with E-state index in [2.05, 4.69) is 10.3 Å². The first kappa shape index (κ1) is 13.4. The van der Waals surface area contributed by atoms with Gasteiger partial charge in [0.05, 0.1) is 22.9 Å². The fourth-order valence-corrected chi connectivity index (χ4v) is 2.03. The van der Waals surface area contributed by atoms with Gasteiger partial charge in [0.15, 0.2) is 5.65 Å². The molecule has 5 N–H and O–H groups in total. The van der Waals surface area contributed by atoms with Crippen LogP contribution in [0.4, 0.5) is 11.5 Å². The molecule has 0 bridgehead atoms. The summed E-state index contributed by atoms with van der Waals surface area (Å²) in [6.45, 7) is 1.86. The minimum absolute atomic E-state index is 0.0797. The Morgan fingerprint density at radius 2 is 2.37 bits per heavy atom. The molecular weight excluding hydrogens is 270 g/mol. The average molecular weight is 284 g/mol. The number of nitrogens with two attached hydrogens (primary N) is 1. The summed E-state index contributed by atoms with van der Waals surface area (Å²) in [5.41, 5.74) is 9.22. The maximum Gasteiger partial charge on any atom is 0.262 e. The van der Waals surface area contributed by atoms with Gasteiger partial charge in [-0.1, -0.05) is 18.5 Å². The number of nitrogen functional groups attached to an aromatic ring is 1. The van der Waals surface area contributed by atoms with Crippen molar-refractivity contribution in [3.05, 3.63) is 23.0 Å². The van der Waals surface area contributed by atoms with E-state index < -0.39 is 5.91 Å². The number of imidazole rings is 1. The van der Waals surface area contributed by atoms with Crippen molar-refractivity contribution in [3.8, 4) is 0 Å². The zero-order valence-electron chi connectivity index (χ0n) is 10.3.